The largest absolute Gasteiger partial charge is 0.274 e. The molecule has 112 valence electrons. The molecule has 6 nitrogen and oxygen atoms in total. The van der Waals surface area contributed by atoms with Crippen LogP contribution >= 0.6 is 0 Å². The zero-order valence-corrected chi connectivity index (χ0v) is 12.2. The molecule has 1 aliphatic heterocycles. The van der Waals surface area contributed by atoms with Crippen molar-refractivity contribution < 1.29 is 18.0 Å². The summed E-state index contributed by atoms with van der Waals surface area (Å²) < 4.78 is 22.5. The Hall–Kier alpha value is -1.73. The molecule has 7 heteroatoms. The Kier molecular flexibility index (Phi) is 3.33. The van der Waals surface area contributed by atoms with Crippen molar-refractivity contribution in [2.24, 2.45) is 17.0 Å². The van der Waals surface area contributed by atoms with Crippen molar-refractivity contribution in [1.29, 1.82) is 0 Å². The molecule has 1 heterocycles. The third-order valence-electron chi connectivity index (χ3n) is 4.26. The van der Waals surface area contributed by atoms with Gasteiger partial charge in [-0.05, 0) is 37.1 Å². The topological polar surface area (TPSA) is 97.5 Å². The molecule has 1 aliphatic carbocycles. The lowest BCUT2D eigenvalue weighted by Crippen LogP contribution is -2.30. The molecule has 1 aromatic rings. The van der Waals surface area contributed by atoms with E-state index in [1.54, 1.807) is 0 Å². The van der Waals surface area contributed by atoms with E-state index in [0.29, 0.717) is 5.69 Å². The lowest BCUT2D eigenvalue weighted by atomic mass is 9.81. The van der Waals surface area contributed by atoms with E-state index in [0.717, 1.165) is 25.7 Å². The predicted octanol–water partition coefficient (Wildman–Crippen LogP) is 1.01. The molecule has 2 aliphatic rings. The minimum atomic E-state index is -3.78. The zero-order valence-electron chi connectivity index (χ0n) is 11.4. The first-order valence-electron chi connectivity index (χ1n) is 6.90. The van der Waals surface area contributed by atoms with Crippen molar-refractivity contribution in [2.75, 3.05) is 4.90 Å². The van der Waals surface area contributed by atoms with Crippen LogP contribution in [0.2, 0.25) is 0 Å². The summed E-state index contributed by atoms with van der Waals surface area (Å²) in [5, 5.41) is 5.04. The van der Waals surface area contributed by atoms with Crippen LogP contribution in [0.3, 0.4) is 0 Å². The van der Waals surface area contributed by atoms with Gasteiger partial charge in [0.25, 0.3) is 0 Å². The van der Waals surface area contributed by atoms with Crippen LogP contribution in [-0.2, 0) is 19.6 Å². The van der Waals surface area contributed by atoms with Gasteiger partial charge in [-0.1, -0.05) is 12.8 Å². The number of anilines is 1. The number of fused-ring (bicyclic) bond motifs is 1. The molecular formula is C14H16N2O4S. The summed E-state index contributed by atoms with van der Waals surface area (Å²) in [6.07, 6.45) is 3.44. The number of nitrogens with two attached hydrogens (primary N) is 1. The SMILES string of the molecule is NS(=O)(=O)c1ccc(N2C(=O)C3CCCCC3C2=O)cc1. The third kappa shape index (κ3) is 2.36. The minimum absolute atomic E-state index is 0.0391. The van der Waals surface area contributed by atoms with E-state index >= 15 is 0 Å². The Bertz CT molecular complexity index is 672. The fraction of sp³-hybridized carbons (Fsp3) is 0.429. The molecule has 3 rings (SSSR count). The van der Waals surface area contributed by atoms with Gasteiger partial charge in [0.2, 0.25) is 21.8 Å². The highest BCUT2D eigenvalue weighted by Crippen LogP contribution is 2.40. The smallest absolute Gasteiger partial charge is 0.238 e. The van der Waals surface area contributed by atoms with Crippen molar-refractivity contribution in [3.05, 3.63) is 24.3 Å². The first-order chi connectivity index (χ1) is 9.89. The molecule has 21 heavy (non-hydrogen) atoms. The fourth-order valence-corrected chi connectivity index (χ4v) is 3.72. The molecule has 2 atom stereocenters. The summed E-state index contributed by atoms with van der Waals surface area (Å²) in [7, 11) is -3.78. The Morgan fingerprint density at radius 1 is 0.952 bits per heavy atom. The highest BCUT2D eigenvalue weighted by Gasteiger charge is 2.48. The van der Waals surface area contributed by atoms with Crippen LogP contribution < -0.4 is 10.0 Å². The second-order valence-electron chi connectivity index (χ2n) is 5.55. The fourth-order valence-electron chi connectivity index (χ4n) is 3.20. The monoisotopic (exact) mass is 308 g/mol. The van der Waals surface area contributed by atoms with Gasteiger partial charge in [-0.25, -0.2) is 13.6 Å². The maximum absolute atomic E-state index is 12.4. The molecule has 2 fully saturated rings. The van der Waals surface area contributed by atoms with Gasteiger partial charge in [-0.3, -0.25) is 14.5 Å². The molecule has 1 aromatic carbocycles. The van der Waals surface area contributed by atoms with Crippen LogP contribution in [0.5, 0.6) is 0 Å². The van der Waals surface area contributed by atoms with Crippen molar-refractivity contribution in [2.45, 2.75) is 30.6 Å². The van der Waals surface area contributed by atoms with Gasteiger partial charge in [0, 0.05) is 0 Å². The van der Waals surface area contributed by atoms with Crippen LogP contribution in [0.25, 0.3) is 0 Å². The highest BCUT2D eigenvalue weighted by molar-refractivity contribution is 7.89. The number of benzene rings is 1. The van der Waals surface area contributed by atoms with E-state index in [4.69, 9.17) is 5.14 Å². The Labute approximate surface area is 123 Å². The molecular weight excluding hydrogens is 292 g/mol. The second kappa shape index (κ2) is 4.92. The highest BCUT2D eigenvalue weighted by atomic mass is 32.2. The van der Waals surface area contributed by atoms with Crippen molar-refractivity contribution in [3.8, 4) is 0 Å². The minimum Gasteiger partial charge on any atom is -0.274 e. The molecule has 0 radical (unpaired) electrons. The Morgan fingerprint density at radius 2 is 1.43 bits per heavy atom. The number of sulfonamides is 1. The summed E-state index contributed by atoms with van der Waals surface area (Å²) in [6.45, 7) is 0. The molecule has 2 N–H and O–H groups in total. The number of carbonyl (C=O) groups excluding carboxylic acids is 2. The first kappa shape index (κ1) is 14.2. The number of nitrogens with zero attached hydrogens (tertiary/aromatic N) is 1. The maximum atomic E-state index is 12.4. The Balaban J connectivity index is 1.93. The molecule has 0 spiro atoms. The van der Waals surface area contributed by atoms with E-state index in [9.17, 15) is 18.0 Å². The number of hydrogen-bond acceptors (Lipinski definition) is 4. The number of primary sulfonamides is 1. The van der Waals surface area contributed by atoms with Crippen LogP contribution in [0.4, 0.5) is 5.69 Å². The van der Waals surface area contributed by atoms with Crippen LogP contribution in [0, 0.1) is 11.8 Å². The van der Waals surface area contributed by atoms with Gasteiger partial charge in [0.1, 0.15) is 0 Å². The van der Waals surface area contributed by atoms with Crippen molar-refractivity contribution in [1.82, 2.24) is 0 Å². The number of rotatable bonds is 2. The predicted molar refractivity (Wildman–Crippen MR) is 75.8 cm³/mol. The number of imide groups is 1. The number of amides is 2. The molecule has 1 saturated carbocycles. The van der Waals surface area contributed by atoms with E-state index in [1.807, 2.05) is 0 Å². The van der Waals surface area contributed by atoms with E-state index in [2.05, 4.69) is 0 Å². The van der Waals surface area contributed by atoms with Crippen molar-refractivity contribution in [3.63, 3.8) is 0 Å². The van der Waals surface area contributed by atoms with Crippen LogP contribution in [0.15, 0.2) is 29.2 Å². The van der Waals surface area contributed by atoms with E-state index in [-0.39, 0.29) is 28.5 Å². The number of carbonyl (C=O) groups is 2. The first-order valence-corrected chi connectivity index (χ1v) is 8.45. The second-order valence-corrected chi connectivity index (χ2v) is 7.11. The van der Waals surface area contributed by atoms with Gasteiger partial charge in [-0.15, -0.1) is 0 Å². The van der Waals surface area contributed by atoms with Crippen LogP contribution in [-0.4, -0.2) is 20.2 Å². The molecule has 0 bridgehead atoms. The normalized spacial score (nSPS) is 26.0. The number of hydrogen-bond donors (Lipinski definition) is 1. The Morgan fingerprint density at radius 3 is 1.86 bits per heavy atom. The standard InChI is InChI=1S/C14H16N2O4S/c15-21(19,20)10-7-5-9(6-8-10)16-13(17)11-3-1-2-4-12(11)14(16)18/h5-8,11-12H,1-4H2,(H2,15,19,20). The third-order valence-corrected chi connectivity index (χ3v) is 5.19. The zero-order chi connectivity index (χ0) is 15.2. The van der Waals surface area contributed by atoms with Gasteiger partial charge in [0.15, 0.2) is 0 Å². The van der Waals surface area contributed by atoms with Gasteiger partial charge in [-0.2, -0.15) is 0 Å². The van der Waals surface area contributed by atoms with Gasteiger partial charge in [0.05, 0.1) is 22.4 Å². The molecule has 1 saturated heterocycles. The average molecular weight is 308 g/mol. The summed E-state index contributed by atoms with van der Waals surface area (Å²) >= 11 is 0. The summed E-state index contributed by atoms with van der Waals surface area (Å²) in [5.74, 6) is -0.783. The summed E-state index contributed by atoms with van der Waals surface area (Å²) in [5.41, 5.74) is 0.409. The molecule has 0 aromatic heterocycles. The maximum Gasteiger partial charge on any atom is 0.238 e. The van der Waals surface area contributed by atoms with Crippen molar-refractivity contribution >= 4 is 27.5 Å². The average Bonchev–Trinajstić information content (AvgIpc) is 2.71. The lowest BCUT2D eigenvalue weighted by molar-refractivity contribution is -0.122. The lowest BCUT2D eigenvalue weighted by Gasteiger charge is -2.19. The summed E-state index contributed by atoms with van der Waals surface area (Å²) in [4.78, 5) is 25.9. The van der Waals surface area contributed by atoms with Gasteiger partial charge >= 0.3 is 0 Å². The quantitative estimate of drug-likeness (QED) is 0.824. The molecule has 2 amide bonds. The van der Waals surface area contributed by atoms with E-state index in [1.165, 1.54) is 29.2 Å². The summed E-state index contributed by atoms with van der Waals surface area (Å²) in [6, 6.07) is 5.53. The molecule has 2 unspecified atom stereocenters. The van der Waals surface area contributed by atoms with Gasteiger partial charge < -0.3 is 0 Å². The van der Waals surface area contributed by atoms with E-state index < -0.39 is 10.0 Å². The van der Waals surface area contributed by atoms with Crippen LogP contribution in [0.1, 0.15) is 25.7 Å².